The highest BCUT2D eigenvalue weighted by Crippen LogP contribution is 2.32. The predicted octanol–water partition coefficient (Wildman–Crippen LogP) is 2.58. The molecule has 0 aliphatic heterocycles. The fourth-order valence-corrected chi connectivity index (χ4v) is 2.37. The van der Waals surface area contributed by atoms with E-state index in [1.807, 2.05) is 19.1 Å². The van der Waals surface area contributed by atoms with Gasteiger partial charge in [0.25, 0.3) is 0 Å². The van der Waals surface area contributed by atoms with Crippen molar-refractivity contribution in [3.8, 4) is 5.75 Å². The molecule has 0 saturated heterocycles. The van der Waals surface area contributed by atoms with Gasteiger partial charge >= 0.3 is 0 Å². The zero-order valence-electron chi connectivity index (χ0n) is 12.0. The number of aliphatic hydroxyl groups excluding tert-OH is 1. The normalized spacial score (nSPS) is 14.7. The molecule has 2 unspecified atom stereocenters. The number of hydrogen-bond acceptors (Lipinski definition) is 3. The average molecular weight is 251 g/mol. The Hall–Kier alpha value is -1.06. The summed E-state index contributed by atoms with van der Waals surface area (Å²) in [6.45, 7) is 8.39. The fourth-order valence-electron chi connectivity index (χ4n) is 2.37. The number of aliphatic hydroxyl groups is 1. The molecule has 0 aromatic heterocycles. The quantitative estimate of drug-likeness (QED) is 0.845. The third-order valence-corrected chi connectivity index (χ3v) is 3.89. The van der Waals surface area contributed by atoms with Crippen molar-refractivity contribution in [2.75, 3.05) is 13.7 Å². The lowest BCUT2D eigenvalue weighted by molar-refractivity contribution is 0.165. The smallest absolute Gasteiger partial charge is 0.122 e. The fraction of sp³-hybridized carbons (Fsp3) is 0.600. The zero-order chi connectivity index (χ0) is 13.9. The van der Waals surface area contributed by atoms with Gasteiger partial charge in [-0.2, -0.15) is 0 Å². The molecule has 0 aliphatic rings. The lowest BCUT2D eigenvalue weighted by atomic mass is 9.83. The third kappa shape index (κ3) is 2.85. The van der Waals surface area contributed by atoms with E-state index in [1.165, 1.54) is 0 Å². The number of hydrogen-bond donors (Lipinski definition) is 2. The van der Waals surface area contributed by atoms with Crippen LogP contribution in [0.15, 0.2) is 12.1 Å². The average Bonchev–Trinajstić information content (AvgIpc) is 2.32. The van der Waals surface area contributed by atoms with Gasteiger partial charge in [0.1, 0.15) is 5.75 Å². The van der Waals surface area contributed by atoms with Crippen molar-refractivity contribution in [1.29, 1.82) is 0 Å². The van der Waals surface area contributed by atoms with Gasteiger partial charge in [-0.25, -0.2) is 0 Å². The molecule has 0 heterocycles. The van der Waals surface area contributed by atoms with Crippen LogP contribution in [-0.4, -0.2) is 18.8 Å². The van der Waals surface area contributed by atoms with E-state index in [1.54, 1.807) is 7.11 Å². The molecular weight excluding hydrogens is 226 g/mol. The Kier molecular flexibility index (Phi) is 5.17. The third-order valence-electron chi connectivity index (χ3n) is 3.89. The largest absolute Gasteiger partial charge is 0.496 e. The Morgan fingerprint density at radius 3 is 2.28 bits per heavy atom. The lowest BCUT2D eigenvalue weighted by Gasteiger charge is -2.27. The topological polar surface area (TPSA) is 55.5 Å². The lowest BCUT2D eigenvalue weighted by Crippen LogP contribution is -2.29. The maximum absolute atomic E-state index is 9.48. The van der Waals surface area contributed by atoms with Crippen LogP contribution in [0.3, 0.4) is 0 Å². The van der Waals surface area contributed by atoms with Gasteiger partial charge in [0.2, 0.25) is 0 Å². The van der Waals surface area contributed by atoms with Crippen LogP contribution in [0.2, 0.25) is 0 Å². The monoisotopic (exact) mass is 251 g/mol. The summed E-state index contributed by atoms with van der Waals surface area (Å²) in [7, 11) is 1.67. The van der Waals surface area contributed by atoms with Gasteiger partial charge in [-0.15, -0.1) is 0 Å². The summed E-state index contributed by atoms with van der Waals surface area (Å²) in [6, 6.07) is 3.82. The molecule has 1 rings (SSSR count). The van der Waals surface area contributed by atoms with Crippen LogP contribution in [0.1, 0.15) is 36.6 Å². The second kappa shape index (κ2) is 6.21. The molecule has 1 aromatic carbocycles. The van der Waals surface area contributed by atoms with Crippen molar-refractivity contribution in [2.45, 2.75) is 33.7 Å². The predicted molar refractivity (Wildman–Crippen MR) is 74.8 cm³/mol. The van der Waals surface area contributed by atoms with E-state index in [-0.39, 0.29) is 18.6 Å². The van der Waals surface area contributed by atoms with Gasteiger partial charge in [0.15, 0.2) is 0 Å². The Morgan fingerprint density at radius 1 is 1.22 bits per heavy atom. The van der Waals surface area contributed by atoms with Gasteiger partial charge in [-0.05, 0) is 42.5 Å². The highest BCUT2D eigenvalue weighted by Gasteiger charge is 2.24. The Labute approximate surface area is 110 Å². The van der Waals surface area contributed by atoms with Crippen LogP contribution in [-0.2, 0) is 0 Å². The molecule has 3 nitrogen and oxygen atoms in total. The summed E-state index contributed by atoms with van der Waals surface area (Å²) in [4.78, 5) is 0. The van der Waals surface area contributed by atoms with Crippen molar-refractivity contribution in [2.24, 2.45) is 17.6 Å². The highest BCUT2D eigenvalue weighted by atomic mass is 16.5. The zero-order valence-corrected chi connectivity index (χ0v) is 12.0. The maximum Gasteiger partial charge on any atom is 0.122 e. The number of ether oxygens (including phenoxy) is 1. The second-order valence-corrected chi connectivity index (χ2v) is 5.22. The number of benzene rings is 1. The standard InChI is InChI=1S/C15H25NO2/c1-9(2)13(8-17)15(16)12-6-7-14(18-5)11(4)10(12)3/h6-7,9,13,15,17H,8,16H2,1-5H3. The molecule has 102 valence electrons. The molecule has 18 heavy (non-hydrogen) atoms. The Bertz CT molecular complexity index is 402. The first-order valence-corrected chi connectivity index (χ1v) is 6.44. The van der Waals surface area contributed by atoms with E-state index in [2.05, 4.69) is 20.8 Å². The number of rotatable bonds is 5. The molecule has 0 radical (unpaired) electrons. The van der Waals surface area contributed by atoms with E-state index < -0.39 is 0 Å². The van der Waals surface area contributed by atoms with Crippen LogP contribution in [0, 0.1) is 25.7 Å². The number of nitrogens with two attached hydrogens (primary N) is 1. The summed E-state index contributed by atoms with van der Waals surface area (Å²) < 4.78 is 5.30. The summed E-state index contributed by atoms with van der Waals surface area (Å²) in [5.74, 6) is 1.32. The van der Waals surface area contributed by atoms with Crippen LogP contribution in [0.5, 0.6) is 5.75 Å². The first-order valence-electron chi connectivity index (χ1n) is 6.44. The van der Waals surface area contributed by atoms with Crippen molar-refractivity contribution in [1.82, 2.24) is 0 Å². The van der Waals surface area contributed by atoms with Gasteiger partial charge < -0.3 is 15.6 Å². The maximum atomic E-state index is 9.48. The van der Waals surface area contributed by atoms with Gasteiger partial charge in [-0.1, -0.05) is 19.9 Å². The minimum absolute atomic E-state index is 0.0801. The highest BCUT2D eigenvalue weighted by molar-refractivity contribution is 5.44. The van der Waals surface area contributed by atoms with Crippen molar-refractivity contribution < 1.29 is 9.84 Å². The van der Waals surface area contributed by atoms with E-state index in [9.17, 15) is 5.11 Å². The Morgan fingerprint density at radius 2 is 1.83 bits per heavy atom. The molecule has 2 atom stereocenters. The van der Waals surface area contributed by atoms with Gasteiger partial charge in [0.05, 0.1) is 7.11 Å². The van der Waals surface area contributed by atoms with Crippen molar-refractivity contribution >= 4 is 0 Å². The molecule has 0 amide bonds. The summed E-state index contributed by atoms with van der Waals surface area (Å²) in [5, 5.41) is 9.48. The van der Waals surface area contributed by atoms with Crippen LogP contribution in [0.25, 0.3) is 0 Å². The molecule has 0 saturated carbocycles. The summed E-state index contributed by atoms with van der Waals surface area (Å²) in [6.07, 6.45) is 0. The van der Waals surface area contributed by atoms with Crippen LogP contribution < -0.4 is 10.5 Å². The molecule has 3 heteroatoms. The van der Waals surface area contributed by atoms with Gasteiger partial charge in [0, 0.05) is 18.6 Å². The molecule has 3 N–H and O–H groups in total. The Balaban J connectivity index is 3.13. The SMILES string of the molecule is COc1ccc(C(N)C(CO)C(C)C)c(C)c1C. The van der Waals surface area contributed by atoms with Crippen molar-refractivity contribution in [3.63, 3.8) is 0 Å². The first kappa shape index (κ1) is 15.0. The van der Waals surface area contributed by atoms with E-state index in [0.717, 1.165) is 22.4 Å². The molecule has 1 aromatic rings. The number of methoxy groups -OCH3 is 1. The van der Waals surface area contributed by atoms with Crippen LogP contribution >= 0.6 is 0 Å². The molecule has 0 aliphatic carbocycles. The van der Waals surface area contributed by atoms with Crippen molar-refractivity contribution in [3.05, 3.63) is 28.8 Å². The van der Waals surface area contributed by atoms with Gasteiger partial charge in [-0.3, -0.25) is 0 Å². The van der Waals surface area contributed by atoms with E-state index >= 15 is 0 Å². The molecular formula is C15H25NO2. The summed E-state index contributed by atoms with van der Waals surface area (Å²) >= 11 is 0. The molecule has 0 bridgehead atoms. The first-order chi connectivity index (χ1) is 8.43. The van der Waals surface area contributed by atoms with Crippen LogP contribution in [0.4, 0.5) is 0 Å². The minimum Gasteiger partial charge on any atom is -0.496 e. The summed E-state index contributed by atoms with van der Waals surface area (Å²) in [5.41, 5.74) is 9.68. The second-order valence-electron chi connectivity index (χ2n) is 5.22. The minimum atomic E-state index is -0.139. The van der Waals surface area contributed by atoms with E-state index in [0.29, 0.717) is 5.92 Å². The molecule has 0 spiro atoms. The van der Waals surface area contributed by atoms with E-state index in [4.69, 9.17) is 10.5 Å². The molecule has 0 fully saturated rings.